The van der Waals surface area contributed by atoms with Gasteiger partial charge in [0, 0.05) is 39.7 Å². The maximum atomic E-state index is 10.2. The second kappa shape index (κ2) is 12.0. The Morgan fingerprint density at radius 3 is 1.24 bits per heavy atom. The largest absolute Gasteiger partial charge is 0.310 e. The molecule has 6 aromatic carbocycles. The lowest BCUT2D eigenvalue weighted by atomic mass is 10.0. The molecule has 0 fully saturated rings. The van der Waals surface area contributed by atoms with Gasteiger partial charge in [0.25, 0.3) is 5.70 Å². The molecule has 0 N–H and O–H groups in total. The van der Waals surface area contributed by atoms with E-state index in [0.717, 1.165) is 56.4 Å². The van der Waals surface area contributed by atoms with Gasteiger partial charge in [-0.05, 0) is 109 Å². The van der Waals surface area contributed by atoms with E-state index in [4.69, 9.17) is 6.57 Å². The quantitative estimate of drug-likeness (QED) is 0.143. The Kier molecular flexibility index (Phi) is 7.39. The van der Waals surface area contributed by atoms with Crippen molar-refractivity contribution in [2.24, 2.45) is 0 Å². The van der Waals surface area contributed by atoms with Gasteiger partial charge in [0.15, 0.2) is 0 Å². The predicted octanol–water partition coefficient (Wildman–Crippen LogP) is 11.4. The molecule has 46 heavy (non-hydrogen) atoms. The SMILES string of the molecule is [C-]#[N+]C(C#N)=C1c2cc(N(c3ccccc3)c3ccc(C)cc3)ccc2-c2ccc(N(c3ccccc3)c3ccc(C)cc3)cc21. The first-order valence-corrected chi connectivity index (χ1v) is 15.2. The topological polar surface area (TPSA) is 34.6 Å². The molecule has 4 nitrogen and oxygen atoms in total. The molecule has 0 atom stereocenters. The molecular weight excluding hydrogens is 560 g/mol. The highest BCUT2D eigenvalue weighted by atomic mass is 15.1. The normalized spacial score (nSPS) is 11.2. The van der Waals surface area contributed by atoms with Gasteiger partial charge in [-0.1, -0.05) is 83.9 Å². The summed E-state index contributed by atoms with van der Waals surface area (Å²) >= 11 is 0. The van der Waals surface area contributed by atoms with Gasteiger partial charge in [-0.3, -0.25) is 0 Å². The molecule has 0 unspecified atom stereocenters. The van der Waals surface area contributed by atoms with Crippen LogP contribution in [-0.2, 0) is 0 Å². The van der Waals surface area contributed by atoms with Gasteiger partial charge >= 0.3 is 0 Å². The molecular formula is C42H30N4. The van der Waals surface area contributed by atoms with Crippen LogP contribution in [0.4, 0.5) is 34.1 Å². The van der Waals surface area contributed by atoms with E-state index in [1.807, 2.05) is 36.4 Å². The van der Waals surface area contributed by atoms with Crippen LogP contribution in [0.3, 0.4) is 0 Å². The molecule has 0 radical (unpaired) electrons. The van der Waals surface area contributed by atoms with E-state index in [2.05, 4.69) is 144 Å². The highest BCUT2D eigenvalue weighted by Crippen LogP contribution is 2.50. The van der Waals surface area contributed by atoms with Crippen molar-refractivity contribution >= 4 is 39.7 Å². The van der Waals surface area contributed by atoms with Gasteiger partial charge in [-0.2, -0.15) is 0 Å². The van der Waals surface area contributed by atoms with Crippen LogP contribution in [0.25, 0.3) is 21.5 Å². The molecule has 6 aromatic rings. The zero-order valence-corrected chi connectivity index (χ0v) is 25.6. The summed E-state index contributed by atoms with van der Waals surface area (Å²) in [6.45, 7) is 12.2. The predicted molar refractivity (Wildman–Crippen MR) is 189 cm³/mol. The first-order valence-electron chi connectivity index (χ1n) is 15.2. The number of fused-ring (bicyclic) bond motifs is 3. The van der Waals surface area contributed by atoms with Crippen molar-refractivity contribution in [1.82, 2.24) is 0 Å². The summed E-state index contributed by atoms with van der Waals surface area (Å²) in [5.41, 5.74) is 12.9. The van der Waals surface area contributed by atoms with Gasteiger partial charge in [-0.25, -0.2) is 10.1 Å². The first-order chi connectivity index (χ1) is 22.6. The van der Waals surface area contributed by atoms with E-state index in [1.165, 1.54) is 11.1 Å². The Morgan fingerprint density at radius 2 is 0.870 bits per heavy atom. The van der Waals surface area contributed by atoms with E-state index in [-0.39, 0.29) is 5.70 Å². The Balaban J connectivity index is 1.41. The van der Waals surface area contributed by atoms with Crippen molar-refractivity contribution in [1.29, 1.82) is 5.26 Å². The average Bonchev–Trinajstić information content (AvgIpc) is 3.41. The number of aryl methyl sites for hydroxylation is 2. The van der Waals surface area contributed by atoms with Crippen LogP contribution < -0.4 is 9.80 Å². The molecule has 0 aromatic heterocycles. The summed E-state index contributed by atoms with van der Waals surface area (Å²) < 4.78 is 0. The van der Waals surface area contributed by atoms with Crippen molar-refractivity contribution in [3.05, 3.63) is 185 Å². The van der Waals surface area contributed by atoms with E-state index in [9.17, 15) is 5.26 Å². The highest BCUT2D eigenvalue weighted by molar-refractivity contribution is 6.05. The number of para-hydroxylation sites is 2. The zero-order chi connectivity index (χ0) is 31.6. The van der Waals surface area contributed by atoms with Crippen LogP contribution >= 0.6 is 0 Å². The molecule has 7 rings (SSSR count). The van der Waals surface area contributed by atoms with Crippen molar-refractivity contribution in [2.75, 3.05) is 9.80 Å². The van der Waals surface area contributed by atoms with E-state index in [1.54, 1.807) is 0 Å². The summed E-state index contributed by atoms with van der Waals surface area (Å²) in [6.07, 6.45) is 0. The Labute approximate surface area is 270 Å². The molecule has 4 heteroatoms. The van der Waals surface area contributed by atoms with E-state index >= 15 is 0 Å². The lowest BCUT2D eigenvalue weighted by Crippen LogP contribution is -2.10. The fraction of sp³-hybridized carbons (Fsp3) is 0.0476. The number of allylic oxidation sites excluding steroid dienone is 1. The molecule has 0 saturated carbocycles. The molecule has 218 valence electrons. The van der Waals surface area contributed by atoms with Crippen LogP contribution in [0.2, 0.25) is 0 Å². The lowest BCUT2D eigenvalue weighted by molar-refractivity contribution is 1.27. The van der Waals surface area contributed by atoms with Crippen LogP contribution in [0.15, 0.2) is 151 Å². The lowest BCUT2D eigenvalue weighted by Gasteiger charge is -2.26. The molecule has 0 amide bonds. The van der Waals surface area contributed by atoms with Crippen molar-refractivity contribution in [3.8, 4) is 17.2 Å². The molecule has 0 aliphatic heterocycles. The molecule has 0 saturated heterocycles. The maximum absolute atomic E-state index is 10.2. The first kappa shape index (κ1) is 28.4. The minimum absolute atomic E-state index is 0.0810. The Hall–Kier alpha value is -6.36. The van der Waals surface area contributed by atoms with Crippen molar-refractivity contribution in [3.63, 3.8) is 0 Å². The standard InChI is InChI=1S/C42H30N4/c1-29-14-18-33(19-15-29)45(31-10-6-4-7-11-31)35-22-24-37-38-25-23-36(27-40(38)42(39(37)26-35)41(28-43)44-3)46(32-12-8-5-9-13-32)34-20-16-30(2)17-21-34/h4-27H,1-2H3. The van der Waals surface area contributed by atoms with Crippen LogP contribution in [-0.4, -0.2) is 0 Å². The maximum Gasteiger partial charge on any atom is 0.270 e. The summed E-state index contributed by atoms with van der Waals surface area (Å²) in [6, 6.07) is 52.4. The number of nitriles is 1. The zero-order valence-electron chi connectivity index (χ0n) is 25.6. The molecule has 0 heterocycles. The Bertz CT molecular complexity index is 2010. The van der Waals surface area contributed by atoms with E-state index in [0.29, 0.717) is 5.57 Å². The number of nitrogens with zero attached hydrogens (tertiary/aromatic N) is 4. The van der Waals surface area contributed by atoms with Gasteiger partial charge in [0.2, 0.25) is 0 Å². The minimum Gasteiger partial charge on any atom is -0.310 e. The highest BCUT2D eigenvalue weighted by Gasteiger charge is 2.29. The van der Waals surface area contributed by atoms with Crippen LogP contribution in [0.5, 0.6) is 0 Å². The van der Waals surface area contributed by atoms with E-state index < -0.39 is 0 Å². The fourth-order valence-corrected chi connectivity index (χ4v) is 6.20. The molecule has 1 aliphatic carbocycles. The third kappa shape index (κ3) is 5.09. The molecule has 1 aliphatic rings. The Morgan fingerprint density at radius 1 is 0.500 bits per heavy atom. The summed E-state index contributed by atoms with van der Waals surface area (Å²) in [4.78, 5) is 8.15. The molecule has 0 bridgehead atoms. The fourth-order valence-electron chi connectivity index (χ4n) is 6.20. The number of rotatable bonds is 6. The third-order valence-electron chi connectivity index (χ3n) is 8.42. The van der Waals surface area contributed by atoms with Crippen molar-refractivity contribution in [2.45, 2.75) is 13.8 Å². The van der Waals surface area contributed by atoms with Gasteiger partial charge in [0.1, 0.15) is 0 Å². The number of hydrogen-bond acceptors (Lipinski definition) is 3. The second-order valence-electron chi connectivity index (χ2n) is 11.4. The average molecular weight is 591 g/mol. The van der Waals surface area contributed by atoms with Crippen LogP contribution in [0, 0.1) is 31.8 Å². The second-order valence-corrected chi connectivity index (χ2v) is 11.4. The summed E-state index contributed by atoms with van der Waals surface area (Å²) in [7, 11) is 0. The number of benzene rings is 6. The smallest absolute Gasteiger partial charge is 0.270 e. The summed E-state index contributed by atoms with van der Waals surface area (Å²) in [5.74, 6) is 0. The van der Waals surface area contributed by atoms with Gasteiger partial charge < -0.3 is 9.80 Å². The van der Waals surface area contributed by atoms with Crippen molar-refractivity contribution < 1.29 is 0 Å². The molecule has 0 spiro atoms. The number of hydrogen-bond donors (Lipinski definition) is 0. The van der Waals surface area contributed by atoms with Crippen LogP contribution in [0.1, 0.15) is 22.3 Å². The summed E-state index contributed by atoms with van der Waals surface area (Å²) in [5, 5.41) is 10.2. The van der Waals surface area contributed by atoms with Gasteiger partial charge in [0.05, 0.1) is 12.6 Å². The number of anilines is 6. The monoisotopic (exact) mass is 590 g/mol. The minimum atomic E-state index is 0.0810. The third-order valence-corrected chi connectivity index (χ3v) is 8.42. The van der Waals surface area contributed by atoms with Gasteiger partial charge in [-0.15, -0.1) is 0 Å².